The summed E-state index contributed by atoms with van der Waals surface area (Å²) in [7, 11) is 0. The van der Waals surface area contributed by atoms with Crippen LogP contribution in [0.25, 0.3) is 0 Å². The van der Waals surface area contributed by atoms with Crippen LogP contribution in [-0.4, -0.2) is 9.59 Å². The second kappa shape index (κ2) is 2.66. The van der Waals surface area contributed by atoms with Crippen molar-refractivity contribution in [3.63, 3.8) is 0 Å². The maximum absolute atomic E-state index is 3.83. The van der Waals surface area contributed by atoms with Crippen molar-refractivity contribution >= 4 is 11.5 Å². The summed E-state index contributed by atoms with van der Waals surface area (Å²) in [6, 6.07) is 0. The Morgan fingerprint density at radius 2 is 2.30 bits per heavy atom. The van der Waals surface area contributed by atoms with Crippen molar-refractivity contribution in [2.24, 2.45) is 0 Å². The first-order chi connectivity index (χ1) is 4.67. The van der Waals surface area contributed by atoms with E-state index in [9.17, 15) is 0 Å². The zero-order chi connectivity index (χ0) is 7.61. The van der Waals surface area contributed by atoms with E-state index in [1.165, 1.54) is 16.4 Å². The molecule has 0 N–H and O–H groups in total. The van der Waals surface area contributed by atoms with Gasteiger partial charge < -0.3 is 0 Å². The molecule has 0 fully saturated rings. The van der Waals surface area contributed by atoms with Crippen LogP contribution in [0.15, 0.2) is 6.20 Å². The van der Waals surface area contributed by atoms with Gasteiger partial charge in [0.25, 0.3) is 0 Å². The van der Waals surface area contributed by atoms with Crippen molar-refractivity contribution in [1.82, 2.24) is 9.59 Å². The van der Waals surface area contributed by atoms with E-state index in [2.05, 4.69) is 30.4 Å². The SMILES string of the molecule is CCC(C)(C)c1cnns1. The highest BCUT2D eigenvalue weighted by molar-refractivity contribution is 7.05. The fourth-order valence-electron chi connectivity index (χ4n) is 0.640. The molecule has 56 valence electrons. The molecule has 0 unspecified atom stereocenters. The molecule has 0 aliphatic carbocycles. The normalized spacial score (nSPS) is 11.9. The summed E-state index contributed by atoms with van der Waals surface area (Å²) in [6.07, 6.45) is 2.99. The molecule has 0 saturated carbocycles. The number of rotatable bonds is 2. The molecule has 0 spiro atoms. The molecule has 0 aliphatic rings. The molecule has 0 aromatic carbocycles. The van der Waals surface area contributed by atoms with E-state index in [0.717, 1.165) is 6.42 Å². The third kappa shape index (κ3) is 1.34. The maximum atomic E-state index is 3.83. The molecule has 1 aromatic heterocycles. The molecule has 1 rings (SSSR count). The van der Waals surface area contributed by atoms with E-state index >= 15 is 0 Å². The van der Waals surface area contributed by atoms with Gasteiger partial charge >= 0.3 is 0 Å². The van der Waals surface area contributed by atoms with E-state index in [0.29, 0.717) is 0 Å². The molecule has 1 aromatic rings. The molecule has 0 atom stereocenters. The van der Waals surface area contributed by atoms with Gasteiger partial charge in [-0.2, -0.15) is 0 Å². The van der Waals surface area contributed by atoms with Gasteiger partial charge in [0.2, 0.25) is 0 Å². The fourth-order valence-corrected chi connectivity index (χ4v) is 1.31. The zero-order valence-corrected chi connectivity index (χ0v) is 7.40. The van der Waals surface area contributed by atoms with Gasteiger partial charge in [-0.15, -0.1) is 5.10 Å². The first-order valence-electron chi connectivity index (χ1n) is 3.44. The summed E-state index contributed by atoms with van der Waals surface area (Å²) in [5.41, 5.74) is 0.258. The van der Waals surface area contributed by atoms with Crippen LogP contribution in [-0.2, 0) is 5.41 Å². The van der Waals surface area contributed by atoms with E-state index in [4.69, 9.17) is 0 Å². The molecule has 0 saturated heterocycles. The van der Waals surface area contributed by atoms with Gasteiger partial charge in [0.15, 0.2) is 0 Å². The average Bonchev–Trinajstić information content (AvgIpc) is 2.38. The van der Waals surface area contributed by atoms with Gasteiger partial charge in [-0.25, -0.2) is 0 Å². The third-order valence-electron chi connectivity index (χ3n) is 1.91. The Morgan fingerprint density at radius 3 is 2.70 bits per heavy atom. The Hall–Kier alpha value is -0.440. The highest BCUT2D eigenvalue weighted by Gasteiger charge is 2.19. The van der Waals surface area contributed by atoms with E-state index in [-0.39, 0.29) is 5.41 Å². The molecule has 10 heavy (non-hydrogen) atoms. The number of hydrogen-bond acceptors (Lipinski definition) is 3. The van der Waals surface area contributed by atoms with E-state index < -0.39 is 0 Å². The standard InChI is InChI=1S/C7H12N2S/c1-4-7(2,3)6-5-8-9-10-6/h5H,4H2,1-3H3. The molecular formula is C7H12N2S. The quantitative estimate of drug-likeness (QED) is 0.656. The largest absolute Gasteiger partial charge is 0.146 e. The number of nitrogens with zero attached hydrogens (tertiary/aromatic N) is 2. The van der Waals surface area contributed by atoms with Crippen LogP contribution >= 0.6 is 11.5 Å². The predicted molar refractivity (Wildman–Crippen MR) is 43.2 cm³/mol. The maximum Gasteiger partial charge on any atom is 0.0658 e. The number of hydrogen-bond donors (Lipinski definition) is 0. The van der Waals surface area contributed by atoms with Gasteiger partial charge in [-0.1, -0.05) is 25.3 Å². The molecule has 2 nitrogen and oxygen atoms in total. The molecule has 0 aliphatic heterocycles. The first kappa shape index (κ1) is 7.66. The van der Waals surface area contributed by atoms with Crippen molar-refractivity contribution < 1.29 is 0 Å². The predicted octanol–water partition coefficient (Wildman–Crippen LogP) is 2.23. The highest BCUT2D eigenvalue weighted by Crippen LogP contribution is 2.27. The monoisotopic (exact) mass is 156 g/mol. The van der Waals surface area contributed by atoms with Gasteiger partial charge in [-0.05, 0) is 18.0 Å². The molecule has 1 heterocycles. The average molecular weight is 156 g/mol. The Labute approximate surface area is 65.4 Å². The highest BCUT2D eigenvalue weighted by atomic mass is 32.1. The van der Waals surface area contributed by atoms with E-state index in [1.807, 2.05) is 6.20 Å². The summed E-state index contributed by atoms with van der Waals surface area (Å²) in [5, 5.41) is 3.80. The van der Waals surface area contributed by atoms with Crippen LogP contribution in [0.3, 0.4) is 0 Å². The summed E-state index contributed by atoms with van der Waals surface area (Å²) < 4.78 is 3.83. The van der Waals surface area contributed by atoms with Crippen molar-refractivity contribution in [3.05, 3.63) is 11.1 Å². The van der Waals surface area contributed by atoms with Crippen molar-refractivity contribution in [2.75, 3.05) is 0 Å². The number of aromatic nitrogens is 2. The van der Waals surface area contributed by atoms with Crippen LogP contribution in [0.2, 0.25) is 0 Å². The molecule has 0 radical (unpaired) electrons. The lowest BCUT2D eigenvalue weighted by Crippen LogP contribution is -2.12. The lowest BCUT2D eigenvalue weighted by Gasteiger charge is -2.18. The second-order valence-corrected chi connectivity index (χ2v) is 3.80. The smallest absolute Gasteiger partial charge is 0.0658 e. The van der Waals surface area contributed by atoms with Crippen molar-refractivity contribution in [2.45, 2.75) is 32.6 Å². The van der Waals surface area contributed by atoms with Crippen LogP contribution in [0.5, 0.6) is 0 Å². The van der Waals surface area contributed by atoms with Crippen molar-refractivity contribution in [1.29, 1.82) is 0 Å². The Kier molecular flexibility index (Phi) is 2.04. The van der Waals surface area contributed by atoms with Gasteiger partial charge in [0, 0.05) is 5.41 Å². The minimum absolute atomic E-state index is 0.258. The third-order valence-corrected chi connectivity index (χ3v) is 2.94. The summed E-state index contributed by atoms with van der Waals surface area (Å²) in [5.74, 6) is 0. The molecule has 0 bridgehead atoms. The van der Waals surface area contributed by atoms with Crippen LogP contribution < -0.4 is 0 Å². The van der Waals surface area contributed by atoms with Crippen LogP contribution in [0.4, 0.5) is 0 Å². The lowest BCUT2D eigenvalue weighted by atomic mass is 9.89. The molecular weight excluding hydrogens is 144 g/mol. The lowest BCUT2D eigenvalue weighted by molar-refractivity contribution is 0.516. The van der Waals surface area contributed by atoms with Gasteiger partial charge in [0.1, 0.15) is 0 Å². The summed E-state index contributed by atoms with van der Waals surface area (Å²) in [4.78, 5) is 1.27. The Morgan fingerprint density at radius 1 is 1.60 bits per heavy atom. The Balaban J connectivity index is 2.85. The zero-order valence-electron chi connectivity index (χ0n) is 6.59. The van der Waals surface area contributed by atoms with E-state index in [1.54, 1.807) is 0 Å². The summed E-state index contributed by atoms with van der Waals surface area (Å²) in [6.45, 7) is 6.60. The summed E-state index contributed by atoms with van der Waals surface area (Å²) >= 11 is 1.49. The van der Waals surface area contributed by atoms with Crippen molar-refractivity contribution in [3.8, 4) is 0 Å². The minimum atomic E-state index is 0.258. The van der Waals surface area contributed by atoms with Crippen LogP contribution in [0, 0.1) is 0 Å². The first-order valence-corrected chi connectivity index (χ1v) is 4.22. The van der Waals surface area contributed by atoms with Gasteiger partial charge in [0.05, 0.1) is 11.1 Å². The van der Waals surface area contributed by atoms with Crippen LogP contribution in [0.1, 0.15) is 32.1 Å². The van der Waals surface area contributed by atoms with Gasteiger partial charge in [-0.3, -0.25) is 0 Å². The molecule has 3 heteroatoms. The topological polar surface area (TPSA) is 25.8 Å². The minimum Gasteiger partial charge on any atom is -0.146 e. The fraction of sp³-hybridized carbons (Fsp3) is 0.714. The Bertz CT molecular complexity index is 191. The second-order valence-electron chi connectivity index (χ2n) is 3.02. The molecule has 0 amide bonds.